The standard InChI is InChI=1S/C42H66O14/c1-19-10-15-41(36(50)51)16-17-42(37(52)56-35-33(49)31(47)29(45)23(18-43)54-35)22(27(41)20(19)2)8-9-25-39(6)13-12-26(38(4,5)24(39)11-14-40(25,42)7)55-34-32(48)30(46)28(44)21(3)53-34/h8,19-21,23-35,43-49H,9-18H2,1-7H3,(H,50,51)/t19-,20+,21-,23-,24+,25+,26-,27+,28-,29-,30+,31+,32-,33-,34+,35+,39+,40-,41-,42+/m0/s1. The van der Waals surface area contributed by atoms with Crippen LogP contribution in [0.5, 0.6) is 0 Å². The zero-order valence-electron chi connectivity index (χ0n) is 33.9. The van der Waals surface area contributed by atoms with Gasteiger partial charge in [-0.25, -0.2) is 0 Å². The summed E-state index contributed by atoms with van der Waals surface area (Å²) >= 11 is 0. The van der Waals surface area contributed by atoms with Crippen molar-refractivity contribution in [3.05, 3.63) is 11.6 Å². The highest BCUT2D eigenvalue weighted by atomic mass is 16.7. The summed E-state index contributed by atoms with van der Waals surface area (Å²) in [5, 5.41) is 84.7. The number of rotatable bonds is 6. The van der Waals surface area contributed by atoms with Crippen molar-refractivity contribution >= 4 is 11.9 Å². The van der Waals surface area contributed by atoms with Crippen molar-refractivity contribution in [2.75, 3.05) is 6.61 Å². The van der Waals surface area contributed by atoms with E-state index in [1.807, 2.05) is 0 Å². The first kappa shape index (κ1) is 42.4. The third-order valence-electron chi connectivity index (χ3n) is 17.3. The maximum absolute atomic E-state index is 15.4. The van der Waals surface area contributed by atoms with Crippen molar-refractivity contribution in [2.24, 2.45) is 56.7 Å². The van der Waals surface area contributed by atoms with Gasteiger partial charge in [0.1, 0.15) is 42.7 Å². The molecule has 14 heteroatoms. The Bertz CT molecular complexity index is 1550. The van der Waals surface area contributed by atoms with Crippen LogP contribution in [0.2, 0.25) is 0 Å². The number of esters is 1. The Morgan fingerprint density at radius 2 is 1.43 bits per heavy atom. The summed E-state index contributed by atoms with van der Waals surface area (Å²) in [6.07, 6.45) is -7.29. The highest BCUT2D eigenvalue weighted by Gasteiger charge is 2.74. The lowest BCUT2D eigenvalue weighted by atomic mass is 9.33. The summed E-state index contributed by atoms with van der Waals surface area (Å²) < 4.78 is 24.3. The van der Waals surface area contributed by atoms with Crippen molar-refractivity contribution in [1.29, 1.82) is 0 Å². The number of allylic oxidation sites excluding steroid dienone is 1. The van der Waals surface area contributed by atoms with Crippen molar-refractivity contribution in [3.8, 4) is 0 Å². The highest BCUT2D eigenvalue weighted by molar-refractivity contribution is 5.85. The van der Waals surface area contributed by atoms with E-state index in [0.717, 1.165) is 12.0 Å². The van der Waals surface area contributed by atoms with Crippen molar-refractivity contribution < 1.29 is 69.4 Å². The summed E-state index contributed by atoms with van der Waals surface area (Å²) in [7, 11) is 0. The monoisotopic (exact) mass is 794 g/mol. The molecule has 5 aliphatic carbocycles. The van der Waals surface area contributed by atoms with E-state index in [9.17, 15) is 45.6 Å². The Labute approximate surface area is 329 Å². The number of carbonyl (C=O) groups excluding carboxylic acids is 1. The van der Waals surface area contributed by atoms with Crippen LogP contribution in [-0.2, 0) is 28.5 Å². The number of aliphatic hydroxyl groups excluding tert-OH is 7. The fourth-order valence-electron chi connectivity index (χ4n) is 13.8. The predicted molar refractivity (Wildman–Crippen MR) is 198 cm³/mol. The Balaban J connectivity index is 1.28. The minimum Gasteiger partial charge on any atom is -0.481 e. The predicted octanol–water partition coefficient (Wildman–Crippen LogP) is 2.26. The second-order valence-corrected chi connectivity index (χ2v) is 20.0. The van der Waals surface area contributed by atoms with Crippen LogP contribution in [0.3, 0.4) is 0 Å². The lowest BCUT2D eigenvalue weighted by molar-refractivity contribution is -0.325. The van der Waals surface area contributed by atoms with Gasteiger partial charge in [-0.05, 0) is 111 Å². The largest absolute Gasteiger partial charge is 0.481 e. The first-order chi connectivity index (χ1) is 26.1. The lowest BCUT2D eigenvalue weighted by Crippen LogP contribution is -2.69. The smallest absolute Gasteiger partial charge is 0.319 e. The quantitative estimate of drug-likeness (QED) is 0.110. The third kappa shape index (κ3) is 5.85. The highest BCUT2D eigenvalue weighted by Crippen LogP contribution is 2.76. The molecule has 7 rings (SSSR count). The van der Waals surface area contributed by atoms with Crippen molar-refractivity contribution in [1.82, 2.24) is 0 Å². The topological polar surface area (TPSA) is 233 Å². The molecule has 0 amide bonds. The van der Waals surface area contributed by atoms with Gasteiger partial charge in [0.25, 0.3) is 0 Å². The van der Waals surface area contributed by atoms with E-state index < -0.39 is 108 Å². The number of aliphatic carboxylic acids is 1. The van der Waals surface area contributed by atoms with Crippen LogP contribution < -0.4 is 0 Å². The summed E-state index contributed by atoms with van der Waals surface area (Å²) in [4.78, 5) is 28.8. The van der Waals surface area contributed by atoms with Gasteiger partial charge in [0.15, 0.2) is 6.29 Å². The molecular weight excluding hydrogens is 728 g/mol. The van der Waals surface area contributed by atoms with Gasteiger partial charge >= 0.3 is 11.9 Å². The number of fused-ring (bicyclic) bond motifs is 7. The lowest BCUT2D eigenvalue weighted by Gasteiger charge is -2.71. The number of carboxylic acid groups (broad SMARTS) is 1. The fraction of sp³-hybridized carbons (Fsp3) is 0.905. The summed E-state index contributed by atoms with van der Waals surface area (Å²) in [6.45, 7) is 13.9. The summed E-state index contributed by atoms with van der Waals surface area (Å²) in [5.74, 6) is -1.78. The van der Waals surface area contributed by atoms with E-state index in [2.05, 4.69) is 47.6 Å². The van der Waals surface area contributed by atoms with E-state index in [1.165, 1.54) is 0 Å². The normalized spacial score (nSPS) is 54.0. The molecule has 4 saturated carbocycles. The molecule has 56 heavy (non-hydrogen) atoms. The van der Waals surface area contributed by atoms with Gasteiger partial charge in [-0.15, -0.1) is 0 Å². The first-order valence-electron chi connectivity index (χ1n) is 20.9. The molecule has 20 atom stereocenters. The van der Waals surface area contributed by atoms with E-state index in [0.29, 0.717) is 38.5 Å². The first-order valence-corrected chi connectivity index (χ1v) is 20.9. The molecule has 318 valence electrons. The van der Waals surface area contributed by atoms with Gasteiger partial charge in [0.2, 0.25) is 6.29 Å². The maximum Gasteiger partial charge on any atom is 0.319 e. The second kappa shape index (κ2) is 14.5. The van der Waals surface area contributed by atoms with Crippen LogP contribution in [0.4, 0.5) is 0 Å². The van der Waals surface area contributed by atoms with Crippen LogP contribution in [0, 0.1) is 56.7 Å². The van der Waals surface area contributed by atoms with Crippen LogP contribution >= 0.6 is 0 Å². The van der Waals surface area contributed by atoms with Gasteiger partial charge in [-0.3, -0.25) is 9.59 Å². The average Bonchev–Trinajstić information content (AvgIpc) is 3.14. The van der Waals surface area contributed by atoms with Gasteiger partial charge in [0, 0.05) is 0 Å². The van der Waals surface area contributed by atoms with Crippen LogP contribution in [0.25, 0.3) is 0 Å². The van der Waals surface area contributed by atoms with Crippen LogP contribution in [0.15, 0.2) is 11.6 Å². The molecule has 0 unspecified atom stereocenters. The zero-order valence-corrected chi connectivity index (χ0v) is 33.9. The minimum atomic E-state index is -1.79. The molecule has 2 aliphatic heterocycles. The number of hydrogen-bond donors (Lipinski definition) is 8. The Hall–Kier alpha value is -1.72. The Morgan fingerprint density at radius 3 is 2.09 bits per heavy atom. The van der Waals surface area contributed by atoms with Gasteiger partial charge in [0.05, 0.1) is 29.6 Å². The van der Waals surface area contributed by atoms with Gasteiger partial charge in [-0.2, -0.15) is 0 Å². The molecule has 2 saturated heterocycles. The molecule has 0 spiro atoms. The molecule has 7 aliphatic rings. The SMILES string of the molecule is C[C@@H]1[C@@H](C)CC[C@]2(C(=O)O)CC[C@]3(C(=O)O[C@H]4O[C@@H](CO)[C@H](O)[C@@H](O)[C@@H]4O)C(=CC[C@@H]4[C@]5(C)CC[C@H](O[C@H]6O[C@@H](C)[C@H](O)[C@@H](O)[C@@H]6O)C(C)(C)[C@H]5CC[C@@]43C)[C@@H]12. The van der Waals surface area contributed by atoms with Gasteiger partial charge < -0.3 is 59.8 Å². The number of aliphatic hydroxyl groups is 7. The van der Waals surface area contributed by atoms with Crippen LogP contribution in [0.1, 0.15) is 106 Å². The molecule has 0 radical (unpaired) electrons. The summed E-state index contributed by atoms with van der Waals surface area (Å²) in [6, 6.07) is 0. The third-order valence-corrected chi connectivity index (χ3v) is 17.3. The number of carboxylic acids is 1. The molecule has 0 aromatic heterocycles. The number of hydrogen-bond acceptors (Lipinski definition) is 13. The molecule has 0 bridgehead atoms. The van der Waals surface area contributed by atoms with E-state index in [1.54, 1.807) is 6.92 Å². The second-order valence-electron chi connectivity index (χ2n) is 20.0. The number of carbonyl (C=O) groups is 2. The average molecular weight is 795 g/mol. The van der Waals surface area contributed by atoms with Crippen molar-refractivity contribution in [3.63, 3.8) is 0 Å². The molecule has 6 fully saturated rings. The molecule has 8 N–H and O–H groups in total. The molecule has 0 aromatic carbocycles. The maximum atomic E-state index is 15.4. The van der Waals surface area contributed by atoms with E-state index >= 15 is 4.79 Å². The minimum absolute atomic E-state index is 0.0517. The van der Waals surface area contributed by atoms with Crippen molar-refractivity contribution in [2.45, 2.75) is 174 Å². The molecular formula is C42H66O14. The molecule has 2 heterocycles. The molecule has 14 nitrogen and oxygen atoms in total. The van der Waals surface area contributed by atoms with Gasteiger partial charge in [-0.1, -0.05) is 53.2 Å². The summed E-state index contributed by atoms with van der Waals surface area (Å²) in [5.41, 5.74) is -3.09. The molecule has 0 aromatic rings. The number of ether oxygens (including phenoxy) is 4. The fourth-order valence-corrected chi connectivity index (χ4v) is 13.8. The zero-order chi connectivity index (χ0) is 41.1. The van der Waals surface area contributed by atoms with E-state index in [4.69, 9.17) is 18.9 Å². The Morgan fingerprint density at radius 1 is 0.768 bits per heavy atom. The van der Waals surface area contributed by atoms with E-state index in [-0.39, 0.29) is 48.0 Å². The Kier molecular flexibility index (Phi) is 11.0. The van der Waals surface area contributed by atoms with Crippen LogP contribution in [-0.4, -0.2) is 127 Å².